The lowest BCUT2D eigenvalue weighted by Crippen LogP contribution is -2.16. The summed E-state index contributed by atoms with van der Waals surface area (Å²) in [6, 6.07) is 15.8. The molecule has 2 aromatic carbocycles. The van der Waals surface area contributed by atoms with Crippen LogP contribution in [0, 0.1) is 0 Å². The standard InChI is InChI=1S/C21H19N5O2/c1-28-18-9-5-8-14-15(18)10-11-17(14)23-21-24-19-16(20(27)25-21)12-22-26(19)13-6-3-2-4-7-13/h2-9,12,17H,10-11H2,1H3,(H2,23,24,25,27). The number of benzene rings is 2. The number of aromatic amines is 1. The SMILES string of the molecule is COc1cccc2c1CCC2Nc1nc2c(cnn2-c2ccccc2)c(=O)[nH]1. The molecule has 5 rings (SSSR count). The van der Waals surface area contributed by atoms with E-state index >= 15 is 0 Å². The fourth-order valence-electron chi connectivity index (χ4n) is 3.87. The summed E-state index contributed by atoms with van der Waals surface area (Å²) in [6.45, 7) is 0. The van der Waals surface area contributed by atoms with Crippen molar-refractivity contribution in [3.63, 3.8) is 0 Å². The Bertz CT molecular complexity index is 1210. The van der Waals surface area contributed by atoms with E-state index in [0.29, 0.717) is 17.0 Å². The maximum absolute atomic E-state index is 12.6. The summed E-state index contributed by atoms with van der Waals surface area (Å²) >= 11 is 0. The zero-order valence-corrected chi connectivity index (χ0v) is 15.3. The zero-order valence-electron chi connectivity index (χ0n) is 15.3. The van der Waals surface area contributed by atoms with Crippen LogP contribution in [0.15, 0.2) is 59.5 Å². The second kappa shape index (κ2) is 6.53. The highest BCUT2D eigenvalue weighted by Gasteiger charge is 2.26. The molecule has 2 N–H and O–H groups in total. The van der Waals surface area contributed by atoms with Gasteiger partial charge in [0.1, 0.15) is 11.1 Å². The van der Waals surface area contributed by atoms with Gasteiger partial charge in [-0.15, -0.1) is 0 Å². The van der Waals surface area contributed by atoms with Crippen LogP contribution in [-0.2, 0) is 6.42 Å². The van der Waals surface area contributed by atoms with Crippen molar-refractivity contribution in [2.45, 2.75) is 18.9 Å². The first-order chi connectivity index (χ1) is 13.7. The molecule has 0 spiro atoms. The van der Waals surface area contributed by atoms with E-state index in [1.807, 2.05) is 42.5 Å². The Kier molecular flexibility index (Phi) is 3.86. The number of ether oxygens (including phenoxy) is 1. The van der Waals surface area contributed by atoms with Gasteiger partial charge in [-0.2, -0.15) is 10.1 Å². The Balaban J connectivity index is 1.54. The van der Waals surface area contributed by atoms with E-state index in [1.54, 1.807) is 18.0 Å². The molecule has 0 saturated carbocycles. The molecule has 0 amide bonds. The van der Waals surface area contributed by atoms with E-state index < -0.39 is 0 Å². The molecule has 1 aliphatic carbocycles. The maximum atomic E-state index is 12.6. The van der Waals surface area contributed by atoms with Crippen LogP contribution in [0.25, 0.3) is 16.7 Å². The zero-order chi connectivity index (χ0) is 19.1. The molecule has 1 unspecified atom stereocenters. The third-order valence-corrected chi connectivity index (χ3v) is 5.20. The van der Waals surface area contributed by atoms with Crippen LogP contribution >= 0.6 is 0 Å². The molecule has 4 aromatic rings. The highest BCUT2D eigenvalue weighted by Crippen LogP contribution is 2.38. The lowest BCUT2D eigenvalue weighted by atomic mass is 10.1. The summed E-state index contributed by atoms with van der Waals surface area (Å²) in [4.78, 5) is 20.0. The summed E-state index contributed by atoms with van der Waals surface area (Å²) in [5, 5.41) is 8.20. The summed E-state index contributed by atoms with van der Waals surface area (Å²) in [7, 11) is 1.69. The van der Waals surface area contributed by atoms with Crippen LogP contribution in [0.2, 0.25) is 0 Å². The molecular weight excluding hydrogens is 354 g/mol. The fraction of sp³-hybridized carbons (Fsp3) is 0.190. The second-order valence-corrected chi connectivity index (χ2v) is 6.81. The van der Waals surface area contributed by atoms with Gasteiger partial charge in [-0.25, -0.2) is 4.68 Å². The van der Waals surface area contributed by atoms with Crippen molar-refractivity contribution in [3.05, 3.63) is 76.2 Å². The first-order valence-electron chi connectivity index (χ1n) is 9.20. The van der Waals surface area contributed by atoms with Gasteiger partial charge in [0.05, 0.1) is 25.0 Å². The maximum Gasteiger partial charge on any atom is 0.263 e. The molecule has 140 valence electrons. The van der Waals surface area contributed by atoms with Crippen molar-refractivity contribution >= 4 is 17.0 Å². The van der Waals surface area contributed by atoms with E-state index in [-0.39, 0.29) is 11.6 Å². The van der Waals surface area contributed by atoms with Gasteiger partial charge in [0.25, 0.3) is 5.56 Å². The summed E-state index contributed by atoms with van der Waals surface area (Å²) in [5.41, 5.74) is 3.57. The predicted molar refractivity (Wildman–Crippen MR) is 107 cm³/mol. The first kappa shape index (κ1) is 16.6. The third-order valence-electron chi connectivity index (χ3n) is 5.20. The van der Waals surface area contributed by atoms with Gasteiger partial charge in [0, 0.05) is 0 Å². The van der Waals surface area contributed by atoms with Crippen molar-refractivity contribution in [1.29, 1.82) is 0 Å². The van der Waals surface area contributed by atoms with Crippen LogP contribution < -0.4 is 15.6 Å². The summed E-state index contributed by atoms with van der Waals surface area (Å²) in [5.74, 6) is 1.34. The molecule has 28 heavy (non-hydrogen) atoms. The van der Waals surface area contributed by atoms with Gasteiger partial charge in [0.15, 0.2) is 5.65 Å². The van der Waals surface area contributed by atoms with Crippen molar-refractivity contribution in [3.8, 4) is 11.4 Å². The normalized spacial score (nSPS) is 15.5. The molecule has 0 fully saturated rings. The fourth-order valence-corrected chi connectivity index (χ4v) is 3.87. The average Bonchev–Trinajstić information content (AvgIpc) is 3.33. The third kappa shape index (κ3) is 2.63. The minimum Gasteiger partial charge on any atom is -0.496 e. The lowest BCUT2D eigenvalue weighted by molar-refractivity contribution is 0.410. The number of H-pyrrole nitrogens is 1. The molecule has 7 nitrogen and oxygen atoms in total. The molecule has 1 atom stereocenters. The Morgan fingerprint density at radius 2 is 2.04 bits per heavy atom. The van der Waals surface area contributed by atoms with Crippen LogP contribution in [0.3, 0.4) is 0 Å². The largest absolute Gasteiger partial charge is 0.496 e. The Morgan fingerprint density at radius 3 is 2.86 bits per heavy atom. The highest BCUT2D eigenvalue weighted by atomic mass is 16.5. The molecule has 1 aliphatic rings. The number of para-hydroxylation sites is 1. The number of hydrogen-bond donors (Lipinski definition) is 2. The van der Waals surface area contributed by atoms with E-state index in [1.165, 1.54) is 11.1 Å². The number of hydrogen-bond acceptors (Lipinski definition) is 5. The van der Waals surface area contributed by atoms with Crippen molar-refractivity contribution in [1.82, 2.24) is 19.7 Å². The smallest absolute Gasteiger partial charge is 0.263 e. The van der Waals surface area contributed by atoms with E-state index in [2.05, 4.69) is 26.4 Å². The van der Waals surface area contributed by atoms with Crippen LogP contribution in [0.4, 0.5) is 5.95 Å². The minimum absolute atomic E-state index is 0.0683. The van der Waals surface area contributed by atoms with Crippen LogP contribution in [-0.4, -0.2) is 26.9 Å². The van der Waals surface area contributed by atoms with Gasteiger partial charge < -0.3 is 10.1 Å². The van der Waals surface area contributed by atoms with Crippen LogP contribution in [0.1, 0.15) is 23.6 Å². The lowest BCUT2D eigenvalue weighted by Gasteiger charge is -2.15. The van der Waals surface area contributed by atoms with Gasteiger partial charge in [-0.3, -0.25) is 9.78 Å². The molecule has 0 saturated heterocycles. The van der Waals surface area contributed by atoms with Gasteiger partial charge in [-0.05, 0) is 42.2 Å². The number of anilines is 1. The molecule has 2 heterocycles. The predicted octanol–water partition coefficient (Wildman–Crippen LogP) is 3.22. The van der Waals surface area contributed by atoms with Gasteiger partial charge in [0.2, 0.25) is 5.95 Å². The summed E-state index contributed by atoms with van der Waals surface area (Å²) in [6.07, 6.45) is 3.38. The number of aromatic nitrogens is 4. The molecule has 7 heteroatoms. The van der Waals surface area contributed by atoms with Crippen LogP contribution in [0.5, 0.6) is 5.75 Å². The number of fused-ring (bicyclic) bond motifs is 2. The monoisotopic (exact) mass is 373 g/mol. The molecule has 0 radical (unpaired) electrons. The summed E-state index contributed by atoms with van der Waals surface area (Å²) < 4.78 is 7.16. The minimum atomic E-state index is -0.210. The molecular formula is C21H19N5O2. The Labute approximate surface area is 161 Å². The molecule has 0 bridgehead atoms. The van der Waals surface area contributed by atoms with Gasteiger partial charge >= 0.3 is 0 Å². The topological polar surface area (TPSA) is 84.8 Å². The van der Waals surface area contributed by atoms with E-state index in [0.717, 1.165) is 24.3 Å². The quantitative estimate of drug-likeness (QED) is 0.574. The number of methoxy groups -OCH3 is 1. The Hall–Kier alpha value is -3.61. The number of nitrogens with zero attached hydrogens (tertiary/aromatic N) is 3. The first-order valence-corrected chi connectivity index (χ1v) is 9.20. The molecule has 0 aliphatic heterocycles. The van der Waals surface area contributed by atoms with Crippen molar-refractivity contribution < 1.29 is 4.74 Å². The van der Waals surface area contributed by atoms with Crippen molar-refractivity contribution in [2.75, 3.05) is 12.4 Å². The highest BCUT2D eigenvalue weighted by molar-refractivity contribution is 5.76. The average molecular weight is 373 g/mol. The molecule has 2 aromatic heterocycles. The second-order valence-electron chi connectivity index (χ2n) is 6.81. The van der Waals surface area contributed by atoms with Crippen molar-refractivity contribution in [2.24, 2.45) is 0 Å². The van der Waals surface area contributed by atoms with E-state index in [4.69, 9.17) is 4.74 Å². The Morgan fingerprint density at radius 1 is 1.18 bits per heavy atom. The van der Waals surface area contributed by atoms with Gasteiger partial charge in [-0.1, -0.05) is 30.3 Å². The van der Waals surface area contributed by atoms with E-state index in [9.17, 15) is 4.79 Å². The number of nitrogens with one attached hydrogen (secondary N) is 2. The number of rotatable bonds is 4.